The lowest BCUT2D eigenvalue weighted by atomic mass is 10.1. The molecule has 0 fully saturated rings. The Hall–Kier alpha value is -1.84. The van der Waals surface area contributed by atoms with Gasteiger partial charge in [0.05, 0.1) is 12.1 Å². The van der Waals surface area contributed by atoms with Crippen molar-refractivity contribution in [3.63, 3.8) is 0 Å². The number of hydrogen-bond acceptors (Lipinski definition) is 3. The zero-order valence-electron chi connectivity index (χ0n) is 7.65. The highest BCUT2D eigenvalue weighted by atomic mass is 16.5. The Labute approximate surface area is 80.1 Å². The number of carbonyl (C=O) groups is 1. The Morgan fingerprint density at radius 1 is 1.57 bits per heavy atom. The predicted octanol–water partition coefficient (Wildman–Crippen LogP) is 1.76. The summed E-state index contributed by atoms with van der Waals surface area (Å²) in [7, 11) is 0. The molecular formula is C10H9NO3. The number of benzene rings is 1. The molecule has 0 saturated carbocycles. The second kappa shape index (κ2) is 3.14. The first-order chi connectivity index (χ1) is 6.66. The van der Waals surface area contributed by atoms with E-state index >= 15 is 0 Å². The van der Waals surface area contributed by atoms with Gasteiger partial charge in [0.25, 0.3) is 0 Å². The van der Waals surface area contributed by atoms with Crippen LogP contribution < -0.4 is 0 Å². The van der Waals surface area contributed by atoms with Crippen molar-refractivity contribution in [2.24, 2.45) is 0 Å². The lowest BCUT2D eigenvalue weighted by molar-refractivity contribution is -0.136. The van der Waals surface area contributed by atoms with Crippen LogP contribution in [0.2, 0.25) is 0 Å². The van der Waals surface area contributed by atoms with Crippen LogP contribution in [0.25, 0.3) is 11.0 Å². The molecule has 1 aromatic heterocycles. The molecule has 0 aliphatic carbocycles. The van der Waals surface area contributed by atoms with Crippen molar-refractivity contribution in [1.82, 2.24) is 5.16 Å². The van der Waals surface area contributed by atoms with Crippen molar-refractivity contribution >= 4 is 16.9 Å². The summed E-state index contributed by atoms with van der Waals surface area (Å²) < 4.78 is 5.01. The monoisotopic (exact) mass is 191 g/mol. The van der Waals surface area contributed by atoms with Crippen LogP contribution in [0.5, 0.6) is 0 Å². The summed E-state index contributed by atoms with van der Waals surface area (Å²) in [6.07, 6.45) is 0.0283. The molecule has 1 heterocycles. The van der Waals surface area contributed by atoms with E-state index in [1.54, 1.807) is 18.2 Å². The normalized spacial score (nSPS) is 10.6. The molecule has 0 unspecified atom stereocenters. The highest BCUT2D eigenvalue weighted by Crippen LogP contribution is 2.19. The van der Waals surface area contributed by atoms with Gasteiger partial charge in [0.15, 0.2) is 5.58 Å². The number of aromatic nitrogens is 1. The number of carboxylic acid groups (broad SMARTS) is 1. The third kappa shape index (κ3) is 1.46. The molecule has 0 atom stereocenters. The molecular weight excluding hydrogens is 182 g/mol. The van der Waals surface area contributed by atoms with Gasteiger partial charge >= 0.3 is 5.97 Å². The molecule has 1 N–H and O–H groups in total. The maximum atomic E-state index is 10.5. The molecule has 0 saturated heterocycles. The molecule has 0 aliphatic heterocycles. The van der Waals surface area contributed by atoms with E-state index in [4.69, 9.17) is 9.63 Å². The molecule has 14 heavy (non-hydrogen) atoms. The second-order valence-electron chi connectivity index (χ2n) is 3.17. The molecule has 0 radical (unpaired) electrons. The van der Waals surface area contributed by atoms with Gasteiger partial charge in [-0.1, -0.05) is 11.2 Å². The first kappa shape index (κ1) is 8.74. The average molecular weight is 191 g/mol. The highest BCUT2D eigenvalue weighted by Gasteiger charge is 2.06. The molecule has 0 spiro atoms. The van der Waals surface area contributed by atoms with Gasteiger partial charge in [-0.05, 0) is 24.6 Å². The number of rotatable bonds is 2. The fourth-order valence-electron chi connectivity index (χ4n) is 1.39. The number of hydrogen-bond donors (Lipinski definition) is 1. The van der Waals surface area contributed by atoms with Gasteiger partial charge < -0.3 is 9.63 Å². The van der Waals surface area contributed by atoms with E-state index in [9.17, 15) is 4.79 Å². The van der Waals surface area contributed by atoms with Crippen molar-refractivity contribution in [2.45, 2.75) is 13.3 Å². The topological polar surface area (TPSA) is 63.3 Å². The third-order valence-corrected chi connectivity index (χ3v) is 2.07. The van der Waals surface area contributed by atoms with Crippen LogP contribution in [-0.2, 0) is 11.2 Å². The van der Waals surface area contributed by atoms with Gasteiger partial charge in [0, 0.05) is 5.39 Å². The summed E-state index contributed by atoms with van der Waals surface area (Å²) in [5.74, 6) is -0.835. The van der Waals surface area contributed by atoms with Gasteiger partial charge in [-0.2, -0.15) is 0 Å². The van der Waals surface area contributed by atoms with E-state index < -0.39 is 5.97 Å². The minimum absolute atomic E-state index is 0.0283. The first-order valence-electron chi connectivity index (χ1n) is 4.23. The minimum Gasteiger partial charge on any atom is -0.481 e. The molecule has 4 nitrogen and oxygen atoms in total. The van der Waals surface area contributed by atoms with Gasteiger partial charge in [-0.3, -0.25) is 4.79 Å². The van der Waals surface area contributed by atoms with Gasteiger partial charge in [0.2, 0.25) is 0 Å². The SMILES string of the molecule is Cc1noc2ccc(CC(=O)O)cc12. The largest absolute Gasteiger partial charge is 0.481 e. The summed E-state index contributed by atoms with van der Waals surface area (Å²) in [6, 6.07) is 5.28. The van der Waals surface area contributed by atoms with Crippen LogP contribution in [0.15, 0.2) is 22.7 Å². The second-order valence-corrected chi connectivity index (χ2v) is 3.17. The molecule has 72 valence electrons. The summed E-state index contributed by atoms with van der Waals surface area (Å²) >= 11 is 0. The molecule has 0 bridgehead atoms. The van der Waals surface area contributed by atoms with E-state index in [-0.39, 0.29) is 6.42 Å². The number of nitrogens with zero attached hydrogens (tertiary/aromatic N) is 1. The molecule has 2 rings (SSSR count). The smallest absolute Gasteiger partial charge is 0.307 e. The van der Waals surface area contributed by atoms with Crippen LogP contribution in [0.3, 0.4) is 0 Å². The Kier molecular flexibility index (Phi) is 1.96. The van der Waals surface area contributed by atoms with Crippen molar-refractivity contribution in [3.8, 4) is 0 Å². The van der Waals surface area contributed by atoms with E-state index in [0.717, 1.165) is 16.6 Å². The Morgan fingerprint density at radius 3 is 3.07 bits per heavy atom. The number of fused-ring (bicyclic) bond motifs is 1. The summed E-state index contributed by atoms with van der Waals surface area (Å²) in [5, 5.41) is 13.3. The van der Waals surface area contributed by atoms with Crippen molar-refractivity contribution in [3.05, 3.63) is 29.5 Å². The van der Waals surface area contributed by atoms with E-state index in [0.29, 0.717) is 5.58 Å². The fraction of sp³-hybridized carbons (Fsp3) is 0.200. The predicted molar refractivity (Wildman–Crippen MR) is 50.1 cm³/mol. The quantitative estimate of drug-likeness (QED) is 0.785. The lowest BCUT2D eigenvalue weighted by Gasteiger charge is -1.95. The number of aliphatic carboxylic acids is 1. The van der Waals surface area contributed by atoms with E-state index in [1.807, 2.05) is 6.92 Å². The Balaban J connectivity index is 2.49. The zero-order chi connectivity index (χ0) is 10.1. The minimum atomic E-state index is -0.835. The van der Waals surface area contributed by atoms with Gasteiger partial charge in [-0.15, -0.1) is 0 Å². The third-order valence-electron chi connectivity index (χ3n) is 2.07. The zero-order valence-corrected chi connectivity index (χ0v) is 7.65. The molecule has 1 aromatic carbocycles. The Bertz CT molecular complexity index is 487. The van der Waals surface area contributed by atoms with Crippen LogP contribution in [0.4, 0.5) is 0 Å². The highest BCUT2D eigenvalue weighted by molar-refractivity contribution is 5.81. The summed E-state index contributed by atoms with van der Waals surface area (Å²) in [6.45, 7) is 1.83. The standard InChI is InChI=1S/C10H9NO3/c1-6-8-4-7(5-10(12)13)2-3-9(8)14-11-6/h2-4H,5H2,1H3,(H,12,13). The average Bonchev–Trinajstić information content (AvgIpc) is 2.47. The fourth-order valence-corrected chi connectivity index (χ4v) is 1.39. The molecule has 0 aliphatic rings. The number of aryl methyl sites for hydroxylation is 1. The summed E-state index contributed by atoms with van der Waals surface area (Å²) in [5.41, 5.74) is 2.24. The van der Waals surface area contributed by atoms with Gasteiger partial charge in [0.1, 0.15) is 0 Å². The first-order valence-corrected chi connectivity index (χ1v) is 4.23. The van der Waals surface area contributed by atoms with Crippen LogP contribution in [0, 0.1) is 6.92 Å². The Morgan fingerprint density at radius 2 is 2.36 bits per heavy atom. The van der Waals surface area contributed by atoms with Crippen LogP contribution in [-0.4, -0.2) is 16.2 Å². The van der Waals surface area contributed by atoms with Crippen LogP contribution >= 0.6 is 0 Å². The molecule has 0 amide bonds. The van der Waals surface area contributed by atoms with Gasteiger partial charge in [-0.25, -0.2) is 0 Å². The van der Waals surface area contributed by atoms with E-state index in [1.165, 1.54) is 0 Å². The molecule has 4 heteroatoms. The molecule has 2 aromatic rings. The van der Waals surface area contributed by atoms with E-state index in [2.05, 4.69) is 5.16 Å². The van der Waals surface area contributed by atoms with Crippen molar-refractivity contribution in [1.29, 1.82) is 0 Å². The maximum Gasteiger partial charge on any atom is 0.307 e. The van der Waals surface area contributed by atoms with Crippen molar-refractivity contribution < 1.29 is 14.4 Å². The van der Waals surface area contributed by atoms with Crippen molar-refractivity contribution in [2.75, 3.05) is 0 Å². The lowest BCUT2D eigenvalue weighted by Crippen LogP contribution is -1.99. The summed E-state index contributed by atoms with van der Waals surface area (Å²) in [4.78, 5) is 10.5. The van der Waals surface area contributed by atoms with Crippen LogP contribution in [0.1, 0.15) is 11.3 Å². The maximum absolute atomic E-state index is 10.5. The number of carboxylic acids is 1.